The first-order chi connectivity index (χ1) is 15.3. The predicted octanol–water partition coefficient (Wildman–Crippen LogP) is 5.16. The molecule has 0 N–H and O–H groups in total. The normalized spacial score (nSPS) is 15.4. The van der Waals surface area contributed by atoms with Gasteiger partial charge in [0, 0.05) is 0 Å². The highest BCUT2D eigenvalue weighted by molar-refractivity contribution is 8.26. The zero-order chi connectivity index (χ0) is 22.7. The van der Waals surface area contributed by atoms with E-state index < -0.39 is 10.1 Å². The number of thioether (sulfide) groups is 1. The minimum Gasteiger partial charge on any atom is -0.379 e. The van der Waals surface area contributed by atoms with Crippen molar-refractivity contribution in [1.29, 1.82) is 0 Å². The second-order valence-electron chi connectivity index (χ2n) is 7.18. The molecule has 0 atom stereocenters. The van der Waals surface area contributed by atoms with Gasteiger partial charge in [-0.2, -0.15) is 8.42 Å². The largest absolute Gasteiger partial charge is 0.379 e. The van der Waals surface area contributed by atoms with E-state index >= 15 is 0 Å². The first-order valence-electron chi connectivity index (χ1n) is 9.72. The van der Waals surface area contributed by atoms with Crippen LogP contribution in [0.2, 0.25) is 0 Å². The van der Waals surface area contributed by atoms with Crippen molar-refractivity contribution in [3.8, 4) is 5.75 Å². The SMILES string of the molecule is Cc1ccc(S(=O)(=O)Oc2cccc(C=C3SC(=S)N(Cc4ccccc4)C3=O)c2)cc1. The molecule has 8 heteroatoms. The Balaban J connectivity index is 1.53. The van der Waals surface area contributed by atoms with Gasteiger partial charge in [-0.25, -0.2) is 0 Å². The lowest BCUT2D eigenvalue weighted by atomic mass is 10.2. The molecule has 0 aromatic heterocycles. The van der Waals surface area contributed by atoms with E-state index in [2.05, 4.69) is 0 Å². The van der Waals surface area contributed by atoms with Crippen LogP contribution in [-0.4, -0.2) is 23.5 Å². The van der Waals surface area contributed by atoms with Crippen LogP contribution in [0.3, 0.4) is 0 Å². The summed E-state index contributed by atoms with van der Waals surface area (Å²) in [4.78, 5) is 15.0. The summed E-state index contributed by atoms with van der Waals surface area (Å²) in [5, 5.41) is 0. The van der Waals surface area contributed by atoms with Gasteiger partial charge in [-0.3, -0.25) is 9.69 Å². The fourth-order valence-electron chi connectivity index (χ4n) is 3.09. The lowest BCUT2D eigenvalue weighted by Gasteiger charge is -2.14. The molecule has 1 heterocycles. The standard InChI is InChI=1S/C24H19NO4S3/c1-17-10-12-21(13-11-17)32(27,28)29-20-9-5-8-19(14-20)15-22-23(26)25(24(30)31-22)16-18-6-3-2-4-7-18/h2-15H,16H2,1H3. The van der Waals surface area contributed by atoms with E-state index in [9.17, 15) is 13.2 Å². The quantitative estimate of drug-likeness (QED) is 0.275. The molecule has 0 saturated carbocycles. The molecule has 162 valence electrons. The molecule has 1 fully saturated rings. The minimum absolute atomic E-state index is 0.0790. The average Bonchev–Trinajstić information content (AvgIpc) is 3.02. The van der Waals surface area contributed by atoms with Crippen LogP contribution in [0, 0.1) is 6.92 Å². The fraction of sp³-hybridized carbons (Fsp3) is 0.0833. The maximum atomic E-state index is 12.9. The first kappa shape index (κ1) is 22.3. The van der Waals surface area contributed by atoms with Crippen LogP contribution < -0.4 is 4.18 Å². The summed E-state index contributed by atoms with van der Waals surface area (Å²) >= 11 is 6.62. The summed E-state index contributed by atoms with van der Waals surface area (Å²) < 4.78 is 30.9. The Bertz CT molecular complexity index is 1300. The zero-order valence-corrected chi connectivity index (χ0v) is 19.5. The zero-order valence-electron chi connectivity index (χ0n) is 17.1. The van der Waals surface area contributed by atoms with E-state index in [1.54, 1.807) is 47.4 Å². The van der Waals surface area contributed by atoms with E-state index in [-0.39, 0.29) is 16.6 Å². The number of carbonyl (C=O) groups is 1. The molecule has 1 aliphatic rings. The summed E-state index contributed by atoms with van der Waals surface area (Å²) in [6.07, 6.45) is 1.69. The van der Waals surface area contributed by atoms with E-state index in [1.807, 2.05) is 37.3 Å². The van der Waals surface area contributed by atoms with Crippen molar-refractivity contribution in [1.82, 2.24) is 4.90 Å². The van der Waals surface area contributed by atoms with Gasteiger partial charge in [0.1, 0.15) is 15.0 Å². The molecular formula is C24H19NO4S3. The molecule has 0 bridgehead atoms. The van der Waals surface area contributed by atoms with Gasteiger partial charge in [0.25, 0.3) is 5.91 Å². The van der Waals surface area contributed by atoms with Crippen LogP contribution in [0.4, 0.5) is 0 Å². The second kappa shape index (κ2) is 9.28. The minimum atomic E-state index is -3.96. The Morgan fingerprint density at radius 2 is 1.72 bits per heavy atom. The summed E-state index contributed by atoms with van der Waals surface area (Å²) in [5.74, 6) is -0.0125. The molecule has 0 aliphatic carbocycles. The van der Waals surface area contributed by atoms with Crippen LogP contribution in [0.15, 0.2) is 88.7 Å². The average molecular weight is 482 g/mol. The van der Waals surface area contributed by atoms with Gasteiger partial charge < -0.3 is 4.18 Å². The Labute approximate surface area is 196 Å². The number of amides is 1. The lowest BCUT2D eigenvalue weighted by Crippen LogP contribution is -2.27. The van der Waals surface area contributed by atoms with E-state index in [1.165, 1.54) is 23.9 Å². The Morgan fingerprint density at radius 3 is 2.44 bits per heavy atom. The highest BCUT2D eigenvalue weighted by Crippen LogP contribution is 2.34. The Morgan fingerprint density at radius 1 is 1.00 bits per heavy atom. The summed E-state index contributed by atoms with van der Waals surface area (Å²) in [6, 6.07) is 22.7. The third-order valence-corrected chi connectivity index (χ3v) is 7.37. The van der Waals surface area contributed by atoms with Crippen LogP contribution in [0.5, 0.6) is 5.75 Å². The number of rotatable bonds is 6. The molecule has 0 unspecified atom stereocenters. The Kier molecular flexibility index (Phi) is 6.45. The van der Waals surface area contributed by atoms with Gasteiger partial charge in [-0.1, -0.05) is 84.1 Å². The van der Waals surface area contributed by atoms with Crippen LogP contribution >= 0.6 is 24.0 Å². The van der Waals surface area contributed by atoms with Gasteiger partial charge in [0.2, 0.25) is 0 Å². The molecular weight excluding hydrogens is 462 g/mol. The Hall–Kier alpha value is -2.94. The first-order valence-corrected chi connectivity index (χ1v) is 12.4. The third-order valence-electron chi connectivity index (χ3n) is 4.73. The van der Waals surface area contributed by atoms with Gasteiger partial charge in [-0.15, -0.1) is 0 Å². The van der Waals surface area contributed by atoms with E-state index in [0.29, 0.717) is 21.3 Å². The molecule has 1 amide bonds. The van der Waals surface area contributed by atoms with Crippen LogP contribution in [-0.2, 0) is 21.5 Å². The van der Waals surface area contributed by atoms with Crippen LogP contribution in [0.1, 0.15) is 16.7 Å². The number of nitrogens with zero attached hydrogens (tertiary/aromatic N) is 1. The van der Waals surface area contributed by atoms with Crippen LogP contribution in [0.25, 0.3) is 6.08 Å². The van der Waals surface area contributed by atoms with E-state index in [4.69, 9.17) is 16.4 Å². The van der Waals surface area contributed by atoms with E-state index in [0.717, 1.165) is 11.1 Å². The molecule has 1 saturated heterocycles. The van der Waals surface area contributed by atoms with Gasteiger partial charge >= 0.3 is 10.1 Å². The lowest BCUT2D eigenvalue weighted by molar-refractivity contribution is -0.122. The highest BCUT2D eigenvalue weighted by atomic mass is 32.2. The summed E-state index contributed by atoms with van der Waals surface area (Å²) in [6.45, 7) is 2.28. The van der Waals surface area contributed by atoms with Crippen molar-refractivity contribution in [2.45, 2.75) is 18.4 Å². The number of carbonyl (C=O) groups excluding carboxylic acids is 1. The molecule has 32 heavy (non-hydrogen) atoms. The van der Waals surface area contributed by atoms with Crippen molar-refractivity contribution in [3.05, 3.63) is 100 Å². The molecule has 1 aliphatic heterocycles. The fourth-order valence-corrected chi connectivity index (χ4v) is 5.27. The number of hydrogen-bond acceptors (Lipinski definition) is 6. The highest BCUT2D eigenvalue weighted by Gasteiger charge is 2.32. The number of hydrogen-bond donors (Lipinski definition) is 0. The summed E-state index contributed by atoms with van der Waals surface area (Å²) in [5.41, 5.74) is 2.58. The molecule has 3 aromatic rings. The third kappa shape index (κ3) is 5.09. The number of thiocarbonyl (C=S) groups is 1. The van der Waals surface area contributed by atoms with Gasteiger partial charge in [0.15, 0.2) is 0 Å². The molecule has 0 radical (unpaired) electrons. The van der Waals surface area contributed by atoms with Crippen molar-refractivity contribution in [3.63, 3.8) is 0 Å². The van der Waals surface area contributed by atoms with Crippen molar-refractivity contribution in [2.24, 2.45) is 0 Å². The monoisotopic (exact) mass is 481 g/mol. The molecule has 0 spiro atoms. The molecule has 5 nitrogen and oxygen atoms in total. The maximum absolute atomic E-state index is 12.9. The second-order valence-corrected chi connectivity index (χ2v) is 10.4. The van der Waals surface area contributed by atoms with Gasteiger partial charge in [0.05, 0.1) is 11.4 Å². The maximum Gasteiger partial charge on any atom is 0.339 e. The summed E-state index contributed by atoms with van der Waals surface area (Å²) in [7, 11) is -3.96. The molecule has 4 rings (SSSR count). The predicted molar refractivity (Wildman–Crippen MR) is 131 cm³/mol. The smallest absolute Gasteiger partial charge is 0.339 e. The van der Waals surface area contributed by atoms with Crippen molar-refractivity contribution in [2.75, 3.05) is 0 Å². The van der Waals surface area contributed by atoms with Gasteiger partial charge in [-0.05, 0) is 48.4 Å². The number of aryl methyl sites for hydroxylation is 1. The van der Waals surface area contributed by atoms with Crippen molar-refractivity contribution < 1.29 is 17.4 Å². The molecule has 3 aromatic carbocycles. The number of benzene rings is 3. The van der Waals surface area contributed by atoms with Crippen molar-refractivity contribution >= 4 is 50.4 Å². The topological polar surface area (TPSA) is 63.7 Å².